The highest BCUT2D eigenvalue weighted by Crippen LogP contribution is 2.36. The lowest BCUT2D eigenvalue weighted by Crippen LogP contribution is -2.37. The molecule has 2 nitrogen and oxygen atoms in total. The van der Waals surface area contributed by atoms with Gasteiger partial charge in [0.1, 0.15) is 12.3 Å². The van der Waals surface area contributed by atoms with E-state index in [1.54, 1.807) is 6.07 Å². The van der Waals surface area contributed by atoms with Crippen molar-refractivity contribution in [2.45, 2.75) is 63.7 Å². The molecule has 27 heavy (non-hydrogen) atoms. The molecule has 0 saturated heterocycles. The molecule has 0 aliphatic heterocycles. The summed E-state index contributed by atoms with van der Waals surface area (Å²) in [5.41, 5.74) is 3.84. The van der Waals surface area contributed by atoms with Crippen LogP contribution < -0.4 is 5.46 Å². The number of rotatable bonds is 6. The molecule has 2 aromatic carbocycles. The van der Waals surface area contributed by atoms with E-state index in [0.717, 1.165) is 24.8 Å². The molecule has 5 heteroatoms. The summed E-state index contributed by atoms with van der Waals surface area (Å²) in [5, 5.41) is 20.1. The van der Waals surface area contributed by atoms with Crippen molar-refractivity contribution >= 4 is 12.6 Å². The molecule has 0 bridgehead atoms. The van der Waals surface area contributed by atoms with E-state index in [2.05, 4.69) is 19.1 Å². The second-order valence-electron chi connectivity index (χ2n) is 7.58. The molecule has 1 fully saturated rings. The molecular weight excluding hydrogens is 345 g/mol. The largest absolute Gasteiger partial charge is 0.489 e. The molecule has 1 aliphatic rings. The van der Waals surface area contributed by atoms with Crippen LogP contribution in [-0.2, 0) is 6.42 Å². The quantitative estimate of drug-likeness (QED) is 0.742. The van der Waals surface area contributed by atoms with Crippen molar-refractivity contribution in [1.29, 1.82) is 0 Å². The van der Waals surface area contributed by atoms with E-state index < -0.39 is 19.5 Å². The van der Waals surface area contributed by atoms with Crippen molar-refractivity contribution in [2.24, 2.45) is 0 Å². The SMILES string of the molecule is CCCCc1ccc(-c2cccc(C3CC(F)CC(F)C3)c2B(O)O)cc1. The molecule has 0 radical (unpaired) electrons. The monoisotopic (exact) mass is 372 g/mol. The number of alkyl halides is 2. The minimum atomic E-state index is -1.69. The highest BCUT2D eigenvalue weighted by atomic mass is 19.1. The van der Waals surface area contributed by atoms with Gasteiger partial charge in [0, 0.05) is 6.42 Å². The van der Waals surface area contributed by atoms with E-state index in [1.165, 1.54) is 5.56 Å². The van der Waals surface area contributed by atoms with E-state index in [-0.39, 0.29) is 25.2 Å². The third-order valence-corrected chi connectivity index (χ3v) is 5.51. The number of hydrogen-bond donors (Lipinski definition) is 2. The van der Waals surface area contributed by atoms with E-state index in [1.807, 2.05) is 24.3 Å². The molecule has 144 valence electrons. The average molecular weight is 372 g/mol. The standard InChI is InChI=1S/C22H27BF2O2/c1-2-3-5-15-8-10-16(11-9-15)20-6-4-7-21(22(20)23(26)27)17-12-18(24)14-19(25)13-17/h4,6-11,17-19,26-27H,2-3,5,12-14H2,1H3. The summed E-state index contributed by atoms with van der Waals surface area (Å²) in [6.45, 7) is 2.16. The van der Waals surface area contributed by atoms with Crippen LogP contribution in [0.3, 0.4) is 0 Å². The first-order valence-electron chi connectivity index (χ1n) is 9.86. The van der Waals surface area contributed by atoms with Gasteiger partial charge in [0.25, 0.3) is 0 Å². The lowest BCUT2D eigenvalue weighted by Gasteiger charge is -2.30. The number of unbranched alkanes of at least 4 members (excludes halogenated alkanes) is 1. The summed E-state index contributed by atoms with van der Waals surface area (Å²) in [7, 11) is -1.69. The molecule has 1 saturated carbocycles. The van der Waals surface area contributed by atoms with Crippen LogP contribution in [0.5, 0.6) is 0 Å². The molecule has 2 aromatic rings. The minimum absolute atomic E-state index is 0.0631. The Bertz CT molecular complexity index is 738. The minimum Gasteiger partial charge on any atom is -0.423 e. The first kappa shape index (κ1) is 20.0. The van der Waals surface area contributed by atoms with Gasteiger partial charge < -0.3 is 10.0 Å². The van der Waals surface area contributed by atoms with Crippen LogP contribution in [0.4, 0.5) is 8.78 Å². The highest BCUT2D eigenvalue weighted by molar-refractivity contribution is 6.61. The number of benzene rings is 2. The molecular formula is C22H27BF2O2. The zero-order valence-corrected chi connectivity index (χ0v) is 15.7. The predicted octanol–water partition coefficient (Wildman–Crippen LogP) is 4.32. The highest BCUT2D eigenvalue weighted by Gasteiger charge is 2.33. The Balaban J connectivity index is 1.96. The van der Waals surface area contributed by atoms with E-state index >= 15 is 0 Å². The van der Waals surface area contributed by atoms with Crippen LogP contribution in [0, 0.1) is 0 Å². The Kier molecular flexibility index (Phi) is 6.66. The Morgan fingerprint density at radius 3 is 2.22 bits per heavy atom. The Hall–Kier alpha value is -1.72. The summed E-state index contributed by atoms with van der Waals surface area (Å²) in [5.74, 6) is -0.343. The van der Waals surface area contributed by atoms with Gasteiger partial charge in [-0.1, -0.05) is 55.8 Å². The van der Waals surface area contributed by atoms with Gasteiger partial charge in [-0.05, 0) is 59.3 Å². The smallest absolute Gasteiger partial charge is 0.423 e. The Labute approximate surface area is 160 Å². The molecule has 3 rings (SSSR count). The maximum atomic E-state index is 13.9. The van der Waals surface area contributed by atoms with Crippen LogP contribution in [-0.4, -0.2) is 29.5 Å². The summed E-state index contributed by atoms with van der Waals surface area (Å²) in [6.07, 6.45) is 1.28. The second-order valence-corrected chi connectivity index (χ2v) is 7.58. The number of halogens is 2. The number of aryl methyl sites for hydroxylation is 1. The van der Waals surface area contributed by atoms with Crippen molar-refractivity contribution in [3.63, 3.8) is 0 Å². The molecule has 2 unspecified atom stereocenters. The maximum absolute atomic E-state index is 13.9. The van der Waals surface area contributed by atoms with Crippen molar-refractivity contribution in [1.82, 2.24) is 0 Å². The van der Waals surface area contributed by atoms with Gasteiger partial charge in [-0.15, -0.1) is 0 Å². The maximum Gasteiger partial charge on any atom is 0.489 e. The first-order chi connectivity index (χ1) is 13.0. The summed E-state index contributed by atoms with van der Waals surface area (Å²) >= 11 is 0. The zero-order valence-electron chi connectivity index (χ0n) is 15.7. The van der Waals surface area contributed by atoms with Crippen LogP contribution >= 0.6 is 0 Å². The third-order valence-electron chi connectivity index (χ3n) is 5.51. The van der Waals surface area contributed by atoms with Crippen LogP contribution in [0.1, 0.15) is 56.1 Å². The van der Waals surface area contributed by atoms with E-state index in [9.17, 15) is 18.8 Å². The van der Waals surface area contributed by atoms with Gasteiger partial charge in [-0.2, -0.15) is 0 Å². The summed E-state index contributed by atoms with van der Waals surface area (Å²) in [4.78, 5) is 0. The zero-order chi connectivity index (χ0) is 19.4. The van der Waals surface area contributed by atoms with Crippen LogP contribution in [0.2, 0.25) is 0 Å². The second kappa shape index (κ2) is 8.98. The van der Waals surface area contributed by atoms with Crippen LogP contribution in [0.25, 0.3) is 11.1 Å². The van der Waals surface area contributed by atoms with Gasteiger partial charge in [-0.3, -0.25) is 0 Å². The summed E-state index contributed by atoms with van der Waals surface area (Å²) in [6, 6.07) is 13.5. The van der Waals surface area contributed by atoms with Gasteiger partial charge in [0.2, 0.25) is 0 Å². The number of hydrogen-bond acceptors (Lipinski definition) is 2. The molecule has 0 spiro atoms. The topological polar surface area (TPSA) is 40.5 Å². The van der Waals surface area contributed by atoms with Crippen molar-refractivity contribution in [2.75, 3.05) is 0 Å². The van der Waals surface area contributed by atoms with Crippen molar-refractivity contribution < 1.29 is 18.8 Å². The molecule has 1 aliphatic carbocycles. The van der Waals surface area contributed by atoms with Crippen molar-refractivity contribution in [3.05, 3.63) is 53.6 Å². The molecule has 2 atom stereocenters. The Morgan fingerprint density at radius 2 is 1.63 bits per heavy atom. The predicted molar refractivity (Wildman–Crippen MR) is 107 cm³/mol. The first-order valence-corrected chi connectivity index (χ1v) is 9.86. The lowest BCUT2D eigenvalue weighted by atomic mass is 9.67. The average Bonchev–Trinajstić information content (AvgIpc) is 2.65. The molecule has 0 amide bonds. The molecule has 2 N–H and O–H groups in total. The van der Waals surface area contributed by atoms with Gasteiger partial charge in [0.05, 0.1) is 0 Å². The fourth-order valence-electron chi connectivity index (χ4n) is 4.15. The fraction of sp³-hybridized carbons (Fsp3) is 0.455. The van der Waals surface area contributed by atoms with Gasteiger partial charge >= 0.3 is 7.12 Å². The molecule has 0 aromatic heterocycles. The fourth-order valence-corrected chi connectivity index (χ4v) is 4.15. The van der Waals surface area contributed by atoms with Gasteiger partial charge in [-0.25, -0.2) is 8.78 Å². The summed E-state index contributed by atoms with van der Waals surface area (Å²) < 4.78 is 27.8. The van der Waals surface area contributed by atoms with Crippen molar-refractivity contribution in [3.8, 4) is 11.1 Å². The lowest BCUT2D eigenvalue weighted by molar-refractivity contribution is 0.142. The Morgan fingerprint density at radius 1 is 0.963 bits per heavy atom. The molecule has 0 heterocycles. The van der Waals surface area contributed by atoms with Gasteiger partial charge in [0.15, 0.2) is 0 Å². The van der Waals surface area contributed by atoms with E-state index in [4.69, 9.17) is 0 Å². The normalized spacial score (nSPS) is 22.6. The van der Waals surface area contributed by atoms with E-state index in [0.29, 0.717) is 16.6 Å². The third kappa shape index (κ3) is 4.77. The van der Waals surface area contributed by atoms with Crippen LogP contribution in [0.15, 0.2) is 42.5 Å².